The molecule has 0 saturated carbocycles. The van der Waals surface area contributed by atoms with Gasteiger partial charge in [0, 0.05) is 13.2 Å². The summed E-state index contributed by atoms with van der Waals surface area (Å²) in [7, 11) is 1.63. The van der Waals surface area contributed by atoms with Crippen molar-refractivity contribution < 1.29 is 23.9 Å². The predicted octanol–water partition coefficient (Wildman–Crippen LogP) is 2.78. The predicted molar refractivity (Wildman–Crippen MR) is 96.7 cm³/mol. The fourth-order valence-electron chi connectivity index (χ4n) is 2.28. The first-order chi connectivity index (χ1) is 12.3. The molecule has 0 spiro atoms. The zero-order chi connectivity index (χ0) is 19.4. The molecule has 26 heavy (non-hydrogen) atoms. The molecule has 0 atom stereocenters. The highest BCUT2D eigenvalue weighted by molar-refractivity contribution is 7.18. The van der Waals surface area contributed by atoms with E-state index in [2.05, 4.69) is 10.4 Å². The second kappa shape index (κ2) is 8.13. The highest BCUT2D eigenvalue weighted by atomic mass is 32.1. The number of nitrogens with one attached hydrogen (secondary N) is 1. The van der Waals surface area contributed by atoms with Crippen LogP contribution in [0.2, 0.25) is 0 Å². The summed E-state index contributed by atoms with van der Waals surface area (Å²) in [6, 6.07) is 1.55. The largest absolute Gasteiger partial charge is 0.462 e. The molecule has 0 aromatic carbocycles. The third kappa shape index (κ3) is 4.10. The smallest absolute Gasteiger partial charge is 0.348 e. The molecule has 0 unspecified atom stereocenters. The van der Waals surface area contributed by atoms with Crippen molar-refractivity contribution in [3.63, 3.8) is 0 Å². The monoisotopic (exact) mass is 379 g/mol. The molecule has 1 N–H and O–H groups in total. The van der Waals surface area contributed by atoms with E-state index in [1.54, 1.807) is 40.8 Å². The second-order valence-electron chi connectivity index (χ2n) is 5.73. The van der Waals surface area contributed by atoms with Gasteiger partial charge in [0.2, 0.25) is 0 Å². The Morgan fingerprint density at radius 3 is 2.54 bits per heavy atom. The molecule has 2 rings (SSSR count). The number of hydrogen-bond donors (Lipinski definition) is 1. The summed E-state index contributed by atoms with van der Waals surface area (Å²) in [5.41, 5.74) is 0.888. The van der Waals surface area contributed by atoms with Gasteiger partial charge in [-0.3, -0.25) is 9.48 Å². The van der Waals surface area contributed by atoms with Gasteiger partial charge in [-0.2, -0.15) is 5.10 Å². The third-order valence-electron chi connectivity index (χ3n) is 3.44. The van der Waals surface area contributed by atoms with Gasteiger partial charge >= 0.3 is 11.9 Å². The van der Waals surface area contributed by atoms with Gasteiger partial charge in [0.05, 0.1) is 18.3 Å². The van der Waals surface area contributed by atoms with E-state index in [9.17, 15) is 14.4 Å². The molecule has 0 aliphatic carbocycles. The minimum Gasteiger partial charge on any atom is -0.462 e. The van der Waals surface area contributed by atoms with Gasteiger partial charge in [-0.15, -0.1) is 11.3 Å². The number of esters is 2. The van der Waals surface area contributed by atoms with Gasteiger partial charge in [0.15, 0.2) is 0 Å². The first-order valence-electron chi connectivity index (χ1n) is 8.07. The van der Waals surface area contributed by atoms with E-state index >= 15 is 0 Å². The van der Waals surface area contributed by atoms with E-state index in [-0.39, 0.29) is 28.2 Å². The Morgan fingerprint density at radius 1 is 1.31 bits per heavy atom. The molecule has 0 saturated heterocycles. The minimum atomic E-state index is -0.607. The van der Waals surface area contributed by atoms with Gasteiger partial charge in [-0.25, -0.2) is 9.59 Å². The average molecular weight is 379 g/mol. The molecule has 140 valence electrons. The molecule has 0 aliphatic rings. The standard InChI is InChI=1S/C17H21N3O5S/c1-6-24-17(23)13-10(4)12(16(22)25-9(2)3)15(26-13)19-14(21)11-7-8-18-20(11)5/h7-9H,6H2,1-5H3,(H,19,21). The Hall–Kier alpha value is -2.68. The quantitative estimate of drug-likeness (QED) is 0.775. The van der Waals surface area contributed by atoms with Crippen molar-refractivity contribution in [2.45, 2.75) is 33.8 Å². The lowest BCUT2D eigenvalue weighted by molar-refractivity contribution is 0.0379. The van der Waals surface area contributed by atoms with Crippen LogP contribution in [0.25, 0.3) is 0 Å². The van der Waals surface area contributed by atoms with E-state index in [4.69, 9.17) is 9.47 Å². The Morgan fingerprint density at radius 2 is 2.00 bits per heavy atom. The summed E-state index contributed by atoms with van der Waals surface area (Å²) in [4.78, 5) is 37.4. The number of rotatable bonds is 6. The summed E-state index contributed by atoms with van der Waals surface area (Å²) in [5, 5.41) is 6.86. The van der Waals surface area contributed by atoms with Crippen LogP contribution in [0.5, 0.6) is 0 Å². The molecule has 8 nitrogen and oxygen atoms in total. The van der Waals surface area contributed by atoms with Crippen LogP contribution in [0.3, 0.4) is 0 Å². The number of hydrogen-bond acceptors (Lipinski definition) is 7. The minimum absolute atomic E-state index is 0.155. The van der Waals surface area contributed by atoms with E-state index in [1.807, 2.05) is 0 Å². The van der Waals surface area contributed by atoms with Crippen LogP contribution in [0.1, 0.15) is 56.9 Å². The molecule has 2 heterocycles. The lowest BCUT2D eigenvalue weighted by Crippen LogP contribution is -2.18. The normalized spacial score (nSPS) is 10.7. The number of amides is 1. The summed E-state index contributed by atoms with van der Waals surface area (Å²) in [6.07, 6.45) is 1.15. The van der Waals surface area contributed by atoms with E-state index in [0.717, 1.165) is 11.3 Å². The van der Waals surface area contributed by atoms with Crippen molar-refractivity contribution in [2.75, 3.05) is 11.9 Å². The number of carbonyl (C=O) groups is 3. The van der Waals surface area contributed by atoms with Crippen molar-refractivity contribution in [1.82, 2.24) is 9.78 Å². The summed E-state index contributed by atoms with van der Waals surface area (Å²) < 4.78 is 11.7. The van der Waals surface area contributed by atoms with E-state index in [0.29, 0.717) is 11.3 Å². The summed E-state index contributed by atoms with van der Waals surface area (Å²) in [5.74, 6) is -1.60. The number of thiophene rings is 1. The number of anilines is 1. The van der Waals surface area contributed by atoms with Crippen LogP contribution in [0, 0.1) is 6.92 Å². The van der Waals surface area contributed by atoms with Crippen molar-refractivity contribution in [3.05, 3.63) is 34.0 Å². The first-order valence-corrected chi connectivity index (χ1v) is 8.88. The topological polar surface area (TPSA) is 99.5 Å². The molecule has 0 fully saturated rings. The average Bonchev–Trinajstić information content (AvgIpc) is 3.10. The van der Waals surface area contributed by atoms with Crippen LogP contribution in [0.4, 0.5) is 5.00 Å². The van der Waals surface area contributed by atoms with Gasteiger partial charge in [0.25, 0.3) is 5.91 Å². The van der Waals surface area contributed by atoms with Gasteiger partial charge < -0.3 is 14.8 Å². The molecule has 2 aromatic rings. The van der Waals surface area contributed by atoms with Gasteiger partial charge in [-0.05, 0) is 39.3 Å². The molecular weight excluding hydrogens is 358 g/mol. The maximum atomic E-state index is 12.5. The molecule has 2 aromatic heterocycles. The summed E-state index contributed by atoms with van der Waals surface area (Å²) >= 11 is 0.984. The van der Waals surface area contributed by atoms with Crippen molar-refractivity contribution >= 4 is 34.2 Å². The van der Waals surface area contributed by atoms with Crippen LogP contribution < -0.4 is 5.32 Å². The molecule has 0 aliphatic heterocycles. The number of carbonyl (C=O) groups excluding carboxylic acids is 3. The van der Waals surface area contributed by atoms with Crippen molar-refractivity contribution in [2.24, 2.45) is 7.05 Å². The van der Waals surface area contributed by atoms with Crippen LogP contribution in [-0.2, 0) is 16.5 Å². The zero-order valence-electron chi connectivity index (χ0n) is 15.3. The zero-order valence-corrected chi connectivity index (χ0v) is 16.1. The number of nitrogens with zero attached hydrogens (tertiary/aromatic N) is 2. The molecule has 1 amide bonds. The van der Waals surface area contributed by atoms with Crippen LogP contribution >= 0.6 is 11.3 Å². The fourth-order valence-corrected chi connectivity index (χ4v) is 3.36. The lowest BCUT2D eigenvalue weighted by Gasteiger charge is -2.10. The van der Waals surface area contributed by atoms with Crippen LogP contribution in [0.15, 0.2) is 12.3 Å². The van der Waals surface area contributed by atoms with Crippen molar-refractivity contribution in [1.29, 1.82) is 0 Å². The Labute approximate surface area is 155 Å². The lowest BCUT2D eigenvalue weighted by atomic mass is 10.1. The number of aromatic nitrogens is 2. The highest BCUT2D eigenvalue weighted by Gasteiger charge is 2.28. The molecule has 9 heteroatoms. The van der Waals surface area contributed by atoms with E-state index < -0.39 is 17.8 Å². The molecule has 0 radical (unpaired) electrons. The maximum absolute atomic E-state index is 12.5. The van der Waals surface area contributed by atoms with Crippen molar-refractivity contribution in [3.8, 4) is 0 Å². The third-order valence-corrected chi connectivity index (χ3v) is 4.62. The van der Waals surface area contributed by atoms with E-state index in [1.165, 1.54) is 10.9 Å². The Bertz CT molecular complexity index is 838. The Balaban J connectivity index is 2.43. The SMILES string of the molecule is CCOC(=O)c1sc(NC(=O)c2ccnn2C)c(C(=O)OC(C)C)c1C. The fraction of sp³-hybridized carbons (Fsp3) is 0.412. The highest BCUT2D eigenvalue weighted by Crippen LogP contribution is 2.34. The summed E-state index contributed by atoms with van der Waals surface area (Å²) in [6.45, 7) is 6.97. The van der Waals surface area contributed by atoms with Gasteiger partial charge in [-0.1, -0.05) is 0 Å². The second-order valence-corrected chi connectivity index (χ2v) is 6.75. The number of aryl methyl sites for hydroxylation is 1. The van der Waals surface area contributed by atoms with Gasteiger partial charge in [0.1, 0.15) is 15.6 Å². The number of ether oxygens (including phenoxy) is 2. The molecular formula is C17H21N3O5S. The Kier molecular flexibility index (Phi) is 6.14. The first kappa shape index (κ1) is 19.6. The molecule has 0 bridgehead atoms. The maximum Gasteiger partial charge on any atom is 0.348 e. The van der Waals surface area contributed by atoms with Crippen LogP contribution in [-0.4, -0.2) is 40.3 Å².